The SMILES string of the molecule is CCc1ccc(C(CN)N(C)CC(C)CC)o1. The van der Waals surface area contributed by atoms with Crippen molar-refractivity contribution in [3.05, 3.63) is 23.7 Å². The van der Waals surface area contributed by atoms with Gasteiger partial charge < -0.3 is 10.2 Å². The van der Waals surface area contributed by atoms with Gasteiger partial charge in [0.15, 0.2) is 0 Å². The van der Waals surface area contributed by atoms with Gasteiger partial charge in [0.1, 0.15) is 11.5 Å². The summed E-state index contributed by atoms with van der Waals surface area (Å²) in [5.41, 5.74) is 5.87. The maximum absolute atomic E-state index is 5.87. The Morgan fingerprint density at radius 3 is 2.53 bits per heavy atom. The first kappa shape index (κ1) is 14.3. The number of aryl methyl sites for hydroxylation is 1. The van der Waals surface area contributed by atoms with Crippen LogP contribution in [0, 0.1) is 5.92 Å². The van der Waals surface area contributed by atoms with Crippen LogP contribution in [-0.4, -0.2) is 25.0 Å². The molecule has 3 heteroatoms. The molecule has 0 radical (unpaired) electrons. The highest BCUT2D eigenvalue weighted by atomic mass is 16.3. The van der Waals surface area contributed by atoms with Crippen LogP contribution in [-0.2, 0) is 6.42 Å². The molecule has 1 rings (SSSR count). The molecule has 2 atom stereocenters. The fraction of sp³-hybridized carbons (Fsp3) is 0.714. The van der Waals surface area contributed by atoms with E-state index in [-0.39, 0.29) is 6.04 Å². The van der Waals surface area contributed by atoms with E-state index in [1.54, 1.807) is 0 Å². The summed E-state index contributed by atoms with van der Waals surface area (Å²) in [5.74, 6) is 2.72. The highest BCUT2D eigenvalue weighted by molar-refractivity contribution is 5.11. The van der Waals surface area contributed by atoms with E-state index < -0.39 is 0 Å². The van der Waals surface area contributed by atoms with Crippen molar-refractivity contribution in [3.63, 3.8) is 0 Å². The molecule has 0 fully saturated rings. The topological polar surface area (TPSA) is 42.4 Å². The van der Waals surface area contributed by atoms with Crippen LogP contribution in [0.15, 0.2) is 16.5 Å². The van der Waals surface area contributed by atoms with Crippen molar-refractivity contribution in [2.45, 2.75) is 39.7 Å². The second kappa shape index (κ2) is 6.82. The minimum atomic E-state index is 0.198. The lowest BCUT2D eigenvalue weighted by Gasteiger charge is -2.27. The molecule has 17 heavy (non-hydrogen) atoms. The van der Waals surface area contributed by atoms with Gasteiger partial charge in [-0.15, -0.1) is 0 Å². The van der Waals surface area contributed by atoms with Crippen LogP contribution in [0.5, 0.6) is 0 Å². The number of hydrogen-bond acceptors (Lipinski definition) is 3. The first-order valence-electron chi connectivity index (χ1n) is 6.61. The molecule has 2 unspecified atom stereocenters. The van der Waals surface area contributed by atoms with Crippen LogP contribution in [0.25, 0.3) is 0 Å². The van der Waals surface area contributed by atoms with Gasteiger partial charge in [0, 0.05) is 19.5 Å². The van der Waals surface area contributed by atoms with Crippen molar-refractivity contribution >= 4 is 0 Å². The molecule has 98 valence electrons. The van der Waals surface area contributed by atoms with E-state index in [0.717, 1.165) is 24.5 Å². The van der Waals surface area contributed by atoms with E-state index in [0.29, 0.717) is 12.5 Å². The van der Waals surface area contributed by atoms with Gasteiger partial charge in [-0.25, -0.2) is 0 Å². The number of furan rings is 1. The summed E-state index contributed by atoms with van der Waals surface area (Å²) in [6.45, 7) is 8.24. The van der Waals surface area contributed by atoms with Crippen molar-refractivity contribution in [1.82, 2.24) is 4.90 Å². The number of hydrogen-bond donors (Lipinski definition) is 1. The molecule has 1 heterocycles. The van der Waals surface area contributed by atoms with Crippen molar-refractivity contribution in [3.8, 4) is 0 Å². The highest BCUT2D eigenvalue weighted by Gasteiger charge is 2.20. The normalized spacial score (nSPS) is 15.2. The molecule has 0 aromatic carbocycles. The average Bonchev–Trinajstić information content (AvgIpc) is 2.78. The van der Waals surface area contributed by atoms with Gasteiger partial charge in [0.25, 0.3) is 0 Å². The van der Waals surface area contributed by atoms with Gasteiger partial charge >= 0.3 is 0 Å². The number of nitrogens with zero attached hydrogens (tertiary/aromatic N) is 1. The Labute approximate surface area is 105 Å². The van der Waals surface area contributed by atoms with Crippen LogP contribution in [0.2, 0.25) is 0 Å². The lowest BCUT2D eigenvalue weighted by molar-refractivity contribution is 0.191. The second-order valence-electron chi connectivity index (χ2n) is 4.86. The molecular weight excluding hydrogens is 212 g/mol. The molecule has 0 bridgehead atoms. The van der Waals surface area contributed by atoms with Crippen molar-refractivity contribution in [2.75, 3.05) is 20.1 Å². The Balaban J connectivity index is 2.69. The van der Waals surface area contributed by atoms with Gasteiger partial charge in [0.05, 0.1) is 6.04 Å². The molecule has 2 N–H and O–H groups in total. The largest absolute Gasteiger partial charge is 0.464 e. The lowest BCUT2D eigenvalue weighted by atomic mass is 10.1. The molecule has 1 aromatic rings. The fourth-order valence-electron chi connectivity index (χ4n) is 2.02. The molecule has 0 aliphatic rings. The molecular formula is C14H26N2O. The number of rotatable bonds is 7. The molecule has 1 aromatic heterocycles. The summed E-state index contributed by atoms with van der Waals surface area (Å²) in [5, 5.41) is 0. The van der Waals surface area contributed by atoms with E-state index in [2.05, 4.69) is 44.9 Å². The van der Waals surface area contributed by atoms with Crippen LogP contribution in [0.1, 0.15) is 44.8 Å². The first-order valence-corrected chi connectivity index (χ1v) is 6.61. The third kappa shape index (κ3) is 3.86. The van der Waals surface area contributed by atoms with E-state index >= 15 is 0 Å². The van der Waals surface area contributed by atoms with Crippen molar-refractivity contribution in [1.29, 1.82) is 0 Å². The van der Waals surface area contributed by atoms with Gasteiger partial charge in [-0.05, 0) is 25.1 Å². The highest BCUT2D eigenvalue weighted by Crippen LogP contribution is 2.22. The Bertz CT molecular complexity index is 322. The summed E-state index contributed by atoms with van der Waals surface area (Å²) >= 11 is 0. The third-order valence-electron chi connectivity index (χ3n) is 3.41. The number of likely N-dealkylation sites (N-methyl/N-ethyl adjacent to an activating group) is 1. The van der Waals surface area contributed by atoms with Crippen molar-refractivity contribution in [2.24, 2.45) is 11.7 Å². The summed E-state index contributed by atoms with van der Waals surface area (Å²) < 4.78 is 5.80. The third-order valence-corrected chi connectivity index (χ3v) is 3.41. The average molecular weight is 238 g/mol. The summed E-state index contributed by atoms with van der Waals surface area (Å²) in [4.78, 5) is 2.30. The monoisotopic (exact) mass is 238 g/mol. The lowest BCUT2D eigenvalue weighted by Crippen LogP contribution is -2.33. The zero-order valence-electron chi connectivity index (χ0n) is 11.6. The summed E-state index contributed by atoms with van der Waals surface area (Å²) in [6.07, 6.45) is 2.13. The predicted molar refractivity (Wildman–Crippen MR) is 72.0 cm³/mol. The van der Waals surface area contributed by atoms with Crippen LogP contribution >= 0.6 is 0 Å². The Hall–Kier alpha value is -0.800. The Morgan fingerprint density at radius 2 is 2.06 bits per heavy atom. The Morgan fingerprint density at radius 1 is 1.35 bits per heavy atom. The smallest absolute Gasteiger partial charge is 0.122 e. The minimum Gasteiger partial charge on any atom is -0.464 e. The van der Waals surface area contributed by atoms with Crippen LogP contribution in [0.3, 0.4) is 0 Å². The van der Waals surface area contributed by atoms with Crippen molar-refractivity contribution < 1.29 is 4.42 Å². The number of nitrogens with two attached hydrogens (primary N) is 1. The predicted octanol–water partition coefficient (Wildman–Crippen LogP) is 2.82. The van der Waals surface area contributed by atoms with Crippen LogP contribution in [0.4, 0.5) is 0 Å². The molecule has 0 saturated heterocycles. The molecule has 0 amide bonds. The molecule has 0 aliphatic heterocycles. The van der Waals surface area contributed by atoms with Gasteiger partial charge in [-0.1, -0.05) is 27.2 Å². The summed E-state index contributed by atoms with van der Waals surface area (Å²) in [7, 11) is 2.12. The zero-order valence-corrected chi connectivity index (χ0v) is 11.6. The minimum absolute atomic E-state index is 0.198. The van der Waals surface area contributed by atoms with E-state index in [1.165, 1.54) is 6.42 Å². The maximum atomic E-state index is 5.87. The quantitative estimate of drug-likeness (QED) is 0.794. The van der Waals surface area contributed by atoms with E-state index in [4.69, 9.17) is 10.2 Å². The summed E-state index contributed by atoms with van der Waals surface area (Å²) in [6, 6.07) is 4.31. The molecule has 3 nitrogen and oxygen atoms in total. The Kier molecular flexibility index (Phi) is 5.72. The standard InChI is InChI=1S/C14H26N2O/c1-5-11(3)10-16(4)13(9-15)14-8-7-12(6-2)17-14/h7-8,11,13H,5-6,9-10,15H2,1-4H3. The maximum Gasteiger partial charge on any atom is 0.122 e. The second-order valence-corrected chi connectivity index (χ2v) is 4.86. The first-order chi connectivity index (χ1) is 8.12. The zero-order chi connectivity index (χ0) is 12.8. The van der Waals surface area contributed by atoms with E-state index in [1.807, 2.05) is 0 Å². The molecule has 0 spiro atoms. The molecule has 0 saturated carbocycles. The van der Waals surface area contributed by atoms with Gasteiger partial charge in [0.2, 0.25) is 0 Å². The fourth-order valence-corrected chi connectivity index (χ4v) is 2.02. The van der Waals surface area contributed by atoms with Gasteiger partial charge in [-0.3, -0.25) is 4.90 Å². The van der Waals surface area contributed by atoms with Crippen LogP contribution < -0.4 is 5.73 Å². The van der Waals surface area contributed by atoms with E-state index in [9.17, 15) is 0 Å². The molecule has 0 aliphatic carbocycles. The van der Waals surface area contributed by atoms with Gasteiger partial charge in [-0.2, -0.15) is 0 Å².